The first-order chi connectivity index (χ1) is 8.19. The van der Waals surface area contributed by atoms with E-state index in [1.54, 1.807) is 0 Å². The fraction of sp³-hybridized carbons (Fsp3) is 1.00. The summed E-state index contributed by atoms with van der Waals surface area (Å²) in [4.78, 5) is 2.72. The number of nitrogens with two attached hydrogens (primary N) is 1. The lowest BCUT2D eigenvalue weighted by Crippen LogP contribution is -2.46. The second-order valence-electron chi connectivity index (χ2n) is 6.61. The number of rotatable bonds is 3. The van der Waals surface area contributed by atoms with Crippen LogP contribution in [0.4, 0.5) is 0 Å². The number of hydrogen-bond acceptors (Lipinski definition) is 2. The van der Waals surface area contributed by atoms with E-state index in [0.29, 0.717) is 0 Å². The standard InChI is InChI=1S/C15H30N2/c1-12-3-6-14(7-4-12)10-17-11-15(9-16)8-5-13(17)2/h12-15H,3-11,16H2,1-2H3. The number of nitrogens with zero attached hydrogens (tertiary/aromatic N) is 1. The first kappa shape index (κ1) is 13.4. The van der Waals surface area contributed by atoms with Crippen molar-refractivity contribution < 1.29 is 0 Å². The molecule has 2 atom stereocenters. The summed E-state index contributed by atoms with van der Waals surface area (Å²) in [6, 6.07) is 0.789. The van der Waals surface area contributed by atoms with E-state index < -0.39 is 0 Å². The molecule has 1 aliphatic carbocycles. The highest BCUT2D eigenvalue weighted by Crippen LogP contribution is 2.31. The zero-order valence-electron chi connectivity index (χ0n) is 11.7. The Balaban J connectivity index is 1.80. The third kappa shape index (κ3) is 3.69. The molecule has 2 heteroatoms. The zero-order valence-corrected chi connectivity index (χ0v) is 11.7. The van der Waals surface area contributed by atoms with Crippen molar-refractivity contribution >= 4 is 0 Å². The first-order valence-corrected chi connectivity index (χ1v) is 7.63. The predicted molar refractivity (Wildman–Crippen MR) is 73.9 cm³/mol. The van der Waals surface area contributed by atoms with Crippen molar-refractivity contribution in [3.63, 3.8) is 0 Å². The van der Waals surface area contributed by atoms with E-state index in [9.17, 15) is 0 Å². The minimum atomic E-state index is 0.758. The van der Waals surface area contributed by atoms with Gasteiger partial charge in [-0.05, 0) is 56.9 Å². The van der Waals surface area contributed by atoms with Crippen LogP contribution in [0.5, 0.6) is 0 Å². The Hall–Kier alpha value is -0.0800. The van der Waals surface area contributed by atoms with Gasteiger partial charge in [-0.25, -0.2) is 0 Å². The minimum absolute atomic E-state index is 0.758. The third-order valence-electron chi connectivity index (χ3n) is 5.07. The van der Waals surface area contributed by atoms with E-state index in [0.717, 1.165) is 30.3 Å². The molecule has 2 fully saturated rings. The maximum Gasteiger partial charge on any atom is 0.00672 e. The predicted octanol–water partition coefficient (Wildman–Crippen LogP) is 2.87. The molecule has 0 amide bonds. The van der Waals surface area contributed by atoms with E-state index in [4.69, 9.17) is 5.73 Å². The maximum atomic E-state index is 5.84. The van der Waals surface area contributed by atoms with Gasteiger partial charge in [0.25, 0.3) is 0 Å². The van der Waals surface area contributed by atoms with Gasteiger partial charge in [0.1, 0.15) is 0 Å². The van der Waals surface area contributed by atoms with Gasteiger partial charge in [0.2, 0.25) is 0 Å². The molecule has 2 rings (SSSR count). The summed E-state index contributed by atoms with van der Waals surface area (Å²) in [6.45, 7) is 8.28. The van der Waals surface area contributed by atoms with Gasteiger partial charge < -0.3 is 10.6 Å². The van der Waals surface area contributed by atoms with E-state index in [2.05, 4.69) is 18.7 Å². The monoisotopic (exact) mass is 238 g/mol. The van der Waals surface area contributed by atoms with Crippen molar-refractivity contribution in [3.8, 4) is 0 Å². The van der Waals surface area contributed by atoms with Gasteiger partial charge in [-0.15, -0.1) is 0 Å². The van der Waals surface area contributed by atoms with Crippen molar-refractivity contribution in [1.29, 1.82) is 0 Å². The van der Waals surface area contributed by atoms with Crippen molar-refractivity contribution in [3.05, 3.63) is 0 Å². The van der Waals surface area contributed by atoms with E-state index in [1.165, 1.54) is 51.6 Å². The summed E-state index contributed by atoms with van der Waals surface area (Å²) in [5.41, 5.74) is 5.84. The molecule has 0 radical (unpaired) electrons. The van der Waals surface area contributed by atoms with Crippen LogP contribution in [0, 0.1) is 17.8 Å². The number of likely N-dealkylation sites (tertiary alicyclic amines) is 1. The van der Waals surface area contributed by atoms with Crippen LogP contribution in [0.15, 0.2) is 0 Å². The van der Waals surface area contributed by atoms with Crippen LogP contribution < -0.4 is 5.73 Å². The number of piperidine rings is 1. The minimum Gasteiger partial charge on any atom is -0.330 e. The summed E-state index contributed by atoms with van der Waals surface area (Å²) in [6.07, 6.45) is 8.51. The molecule has 2 nitrogen and oxygen atoms in total. The Bertz CT molecular complexity index is 221. The van der Waals surface area contributed by atoms with Crippen LogP contribution in [-0.2, 0) is 0 Å². The molecule has 100 valence electrons. The first-order valence-electron chi connectivity index (χ1n) is 7.63. The second kappa shape index (κ2) is 6.19. The molecule has 2 N–H and O–H groups in total. The molecule has 1 saturated heterocycles. The fourth-order valence-electron chi connectivity index (χ4n) is 3.55. The van der Waals surface area contributed by atoms with Crippen LogP contribution in [0.25, 0.3) is 0 Å². The highest BCUT2D eigenvalue weighted by molar-refractivity contribution is 4.82. The van der Waals surface area contributed by atoms with Gasteiger partial charge >= 0.3 is 0 Å². The molecule has 0 spiro atoms. The van der Waals surface area contributed by atoms with Gasteiger partial charge in [-0.1, -0.05) is 19.8 Å². The van der Waals surface area contributed by atoms with Gasteiger partial charge in [-0.2, -0.15) is 0 Å². The third-order valence-corrected chi connectivity index (χ3v) is 5.07. The molecule has 0 aromatic heterocycles. The summed E-state index contributed by atoms with van der Waals surface area (Å²) in [7, 11) is 0. The molecule has 0 aromatic rings. The Kier molecular flexibility index (Phi) is 4.87. The van der Waals surface area contributed by atoms with Crippen LogP contribution in [0.3, 0.4) is 0 Å². The molecular weight excluding hydrogens is 208 g/mol. The average Bonchev–Trinajstić information content (AvgIpc) is 2.35. The van der Waals surface area contributed by atoms with Gasteiger partial charge in [0.05, 0.1) is 0 Å². The lowest BCUT2D eigenvalue weighted by Gasteiger charge is -2.40. The second-order valence-corrected chi connectivity index (χ2v) is 6.61. The van der Waals surface area contributed by atoms with E-state index in [1.807, 2.05) is 0 Å². The lowest BCUT2D eigenvalue weighted by atomic mass is 9.82. The Morgan fingerprint density at radius 3 is 2.24 bits per heavy atom. The largest absolute Gasteiger partial charge is 0.330 e. The van der Waals surface area contributed by atoms with Crippen LogP contribution >= 0.6 is 0 Å². The van der Waals surface area contributed by atoms with E-state index in [-0.39, 0.29) is 0 Å². The molecule has 2 aliphatic rings. The van der Waals surface area contributed by atoms with Crippen molar-refractivity contribution in [1.82, 2.24) is 4.90 Å². The molecule has 1 heterocycles. The quantitative estimate of drug-likeness (QED) is 0.819. The van der Waals surface area contributed by atoms with Crippen LogP contribution in [0.1, 0.15) is 52.4 Å². The normalized spacial score (nSPS) is 40.4. The Morgan fingerprint density at radius 2 is 1.59 bits per heavy atom. The van der Waals surface area contributed by atoms with Crippen molar-refractivity contribution in [2.75, 3.05) is 19.6 Å². The fourth-order valence-corrected chi connectivity index (χ4v) is 3.55. The zero-order chi connectivity index (χ0) is 12.3. The average molecular weight is 238 g/mol. The van der Waals surface area contributed by atoms with E-state index >= 15 is 0 Å². The molecular formula is C15H30N2. The summed E-state index contributed by atoms with van der Waals surface area (Å²) in [5.74, 6) is 2.70. The van der Waals surface area contributed by atoms with Crippen molar-refractivity contribution in [2.45, 2.75) is 58.4 Å². The Labute approximate surface area is 107 Å². The van der Waals surface area contributed by atoms with Crippen molar-refractivity contribution in [2.24, 2.45) is 23.5 Å². The molecule has 0 aromatic carbocycles. The molecule has 1 aliphatic heterocycles. The molecule has 2 unspecified atom stereocenters. The molecule has 0 bridgehead atoms. The highest BCUT2D eigenvalue weighted by Gasteiger charge is 2.27. The smallest absolute Gasteiger partial charge is 0.00672 e. The lowest BCUT2D eigenvalue weighted by molar-refractivity contribution is 0.0881. The molecule has 17 heavy (non-hydrogen) atoms. The van der Waals surface area contributed by atoms with Gasteiger partial charge in [-0.3, -0.25) is 0 Å². The molecule has 1 saturated carbocycles. The van der Waals surface area contributed by atoms with Gasteiger partial charge in [0.15, 0.2) is 0 Å². The summed E-state index contributed by atoms with van der Waals surface area (Å²) in [5, 5.41) is 0. The topological polar surface area (TPSA) is 29.3 Å². The van der Waals surface area contributed by atoms with Crippen LogP contribution in [0.2, 0.25) is 0 Å². The maximum absolute atomic E-state index is 5.84. The van der Waals surface area contributed by atoms with Crippen LogP contribution in [-0.4, -0.2) is 30.6 Å². The highest BCUT2D eigenvalue weighted by atomic mass is 15.2. The Morgan fingerprint density at radius 1 is 0.941 bits per heavy atom. The SMILES string of the molecule is CC1CCC(CN2CC(CN)CCC2C)CC1. The van der Waals surface area contributed by atoms with Gasteiger partial charge in [0, 0.05) is 19.1 Å². The summed E-state index contributed by atoms with van der Waals surface area (Å²) < 4.78 is 0. The summed E-state index contributed by atoms with van der Waals surface area (Å²) >= 11 is 0. The number of hydrogen-bond donors (Lipinski definition) is 1.